The topological polar surface area (TPSA) is 67.3 Å². The van der Waals surface area contributed by atoms with Crippen LogP contribution >= 0.6 is 34.5 Å². The molecule has 0 aliphatic heterocycles. The van der Waals surface area contributed by atoms with Crippen molar-refractivity contribution < 1.29 is 14.2 Å². The highest BCUT2D eigenvalue weighted by molar-refractivity contribution is 7.18. The minimum atomic E-state index is -0.552. The van der Waals surface area contributed by atoms with Gasteiger partial charge in [-0.1, -0.05) is 41.5 Å². The van der Waals surface area contributed by atoms with Gasteiger partial charge in [0, 0.05) is 35.8 Å². The number of anilines is 1. The predicted octanol–water partition coefficient (Wildman–Crippen LogP) is 6.15. The quantitative estimate of drug-likeness (QED) is 0.414. The molecule has 1 unspecified atom stereocenters. The van der Waals surface area contributed by atoms with E-state index < -0.39 is 5.82 Å². The molecule has 9 heteroatoms. The van der Waals surface area contributed by atoms with E-state index in [4.69, 9.17) is 33.0 Å². The van der Waals surface area contributed by atoms with Gasteiger partial charge >= 0.3 is 0 Å². The molecule has 5 nitrogen and oxygen atoms in total. The Morgan fingerprint density at radius 2 is 1.83 bits per heavy atom. The van der Waals surface area contributed by atoms with Gasteiger partial charge in [0.25, 0.3) is 0 Å². The Morgan fingerprint density at radius 3 is 2.50 bits per heavy atom. The van der Waals surface area contributed by atoms with Crippen LogP contribution in [0, 0.1) is 11.7 Å². The molecule has 0 fully saturated rings. The van der Waals surface area contributed by atoms with Gasteiger partial charge in [-0.25, -0.2) is 4.39 Å². The smallest absolute Gasteiger partial charge is 0.165 e. The zero-order valence-electron chi connectivity index (χ0n) is 16.7. The molecule has 0 aliphatic rings. The molecule has 0 saturated carbocycles. The average molecular weight is 470 g/mol. The number of ether oxygens (including phenoxy) is 1. The number of hydrogen-bond acceptors (Lipinski definition) is 6. The van der Waals surface area contributed by atoms with Crippen LogP contribution in [0.4, 0.5) is 10.1 Å². The lowest BCUT2D eigenvalue weighted by Crippen LogP contribution is -2.12. The first-order valence-electron chi connectivity index (χ1n) is 9.41. The summed E-state index contributed by atoms with van der Waals surface area (Å²) in [4.78, 5) is 0. The first kappa shape index (κ1) is 22.7. The van der Waals surface area contributed by atoms with Crippen molar-refractivity contribution in [3.63, 3.8) is 0 Å². The third-order valence-electron chi connectivity index (χ3n) is 4.17. The fourth-order valence-electron chi connectivity index (χ4n) is 2.61. The highest BCUT2D eigenvalue weighted by Crippen LogP contribution is 2.38. The van der Waals surface area contributed by atoms with Crippen LogP contribution in [0.2, 0.25) is 10.0 Å². The largest absolute Gasteiger partial charge is 0.490 e. The van der Waals surface area contributed by atoms with Crippen molar-refractivity contribution in [3.8, 4) is 26.9 Å². The third-order valence-corrected chi connectivity index (χ3v) is 5.80. The number of nitrogens with zero attached hydrogens (tertiary/aromatic N) is 2. The first-order valence-corrected chi connectivity index (χ1v) is 11.0. The van der Waals surface area contributed by atoms with Crippen molar-refractivity contribution in [2.75, 3.05) is 18.5 Å². The van der Waals surface area contributed by atoms with E-state index in [-0.39, 0.29) is 30.9 Å². The summed E-state index contributed by atoms with van der Waals surface area (Å²) in [5, 5.41) is 22.7. The lowest BCUT2D eigenvalue weighted by Gasteiger charge is -2.12. The van der Waals surface area contributed by atoms with Gasteiger partial charge in [0.2, 0.25) is 0 Å². The highest BCUT2D eigenvalue weighted by atomic mass is 35.5. The molecule has 0 amide bonds. The molecule has 1 heterocycles. The van der Waals surface area contributed by atoms with E-state index in [1.54, 1.807) is 6.92 Å². The van der Waals surface area contributed by atoms with E-state index in [2.05, 4.69) is 15.5 Å². The Labute approximate surface area is 188 Å². The second kappa shape index (κ2) is 9.92. The molecule has 160 valence electrons. The molecule has 3 aromatic rings. The monoisotopic (exact) mass is 469 g/mol. The van der Waals surface area contributed by atoms with Gasteiger partial charge in [0.1, 0.15) is 10.0 Å². The van der Waals surface area contributed by atoms with Gasteiger partial charge in [-0.2, -0.15) is 0 Å². The summed E-state index contributed by atoms with van der Waals surface area (Å²) in [6, 6.07) is 8.58. The van der Waals surface area contributed by atoms with Crippen LogP contribution in [0.5, 0.6) is 5.75 Å². The van der Waals surface area contributed by atoms with Gasteiger partial charge in [0.05, 0.1) is 22.3 Å². The fourth-order valence-corrected chi connectivity index (χ4v) is 4.02. The molecular weight excluding hydrogens is 448 g/mol. The summed E-state index contributed by atoms with van der Waals surface area (Å²) >= 11 is 14.0. The molecule has 1 atom stereocenters. The SMILES string of the molecule is CC(CO)COc1cc(Cl)c(-c2nnc(-c3ccc(NC(C)C)c(Cl)c3)s2)cc1F. The van der Waals surface area contributed by atoms with Crippen molar-refractivity contribution in [1.29, 1.82) is 0 Å². The molecule has 3 rings (SSSR count). The minimum Gasteiger partial charge on any atom is -0.490 e. The molecule has 1 aromatic heterocycles. The number of rotatable bonds is 8. The van der Waals surface area contributed by atoms with Crippen molar-refractivity contribution in [3.05, 3.63) is 46.2 Å². The number of halogens is 3. The Hall–Kier alpha value is -1.93. The van der Waals surface area contributed by atoms with Gasteiger partial charge in [-0.05, 0) is 38.1 Å². The maximum Gasteiger partial charge on any atom is 0.165 e. The van der Waals surface area contributed by atoms with Crippen molar-refractivity contribution in [1.82, 2.24) is 10.2 Å². The van der Waals surface area contributed by atoms with E-state index in [9.17, 15) is 4.39 Å². The Bertz CT molecular complexity index is 1030. The molecule has 0 spiro atoms. The number of aromatic nitrogens is 2. The second-order valence-corrected chi connectivity index (χ2v) is 9.06. The zero-order valence-corrected chi connectivity index (χ0v) is 19.1. The van der Waals surface area contributed by atoms with E-state index in [1.807, 2.05) is 32.0 Å². The molecule has 0 aliphatic carbocycles. The third kappa shape index (κ3) is 5.40. The van der Waals surface area contributed by atoms with Crippen LogP contribution < -0.4 is 10.1 Å². The summed E-state index contributed by atoms with van der Waals surface area (Å²) in [5.41, 5.74) is 2.09. The van der Waals surface area contributed by atoms with E-state index in [0.29, 0.717) is 25.6 Å². The van der Waals surface area contributed by atoms with E-state index in [1.165, 1.54) is 23.5 Å². The molecule has 30 heavy (non-hydrogen) atoms. The molecular formula is C21H22Cl2FN3O2S. The predicted molar refractivity (Wildman–Crippen MR) is 121 cm³/mol. The summed E-state index contributed by atoms with van der Waals surface area (Å²) in [6.45, 7) is 6.02. The van der Waals surface area contributed by atoms with Crippen LogP contribution in [0.1, 0.15) is 20.8 Å². The minimum absolute atomic E-state index is 0.0359. The highest BCUT2D eigenvalue weighted by Gasteiger charge is 2.17. The number of aliphatic hydroxyl groups is 1. The molecule has 2 aromatic carbocycles. The van der Waals surface area contributed by atoms with Gasteiger partial charge < -0.3 is 15.2 Å². The molecule has 0 saturated heterocycles. The van der Waals surface area contributed by atoms with Gasteiger partial charge in [-0.15, -0.1) is 10.2 Å². The normalized spacial score (nSPS) is 12.3. The van der Waals surface area contributed by atoms with Crippen LogP contribution in [-0.2, 0) is 0 Å². The number of benzene rings is 2. The molecule has 2 N–H and O–H groups in total. The molecule has 0 radical (unpaired) electrons. The maximum atomic E-state index is 14.5. The van der Waals surface area contributed by atoms with Crippen LogP contribution in [0.3, 0.4) is 0 Å². The van der Waals surface area contributed by atoms with Crippen molar-refractivity contribution in [2.24, 2.45) is 5.92 Å². The number of aliphatic hydroxyl groups excluding tert-OH is 1. The standard InChI is InChI=1S/C21H22Cl2FN3O2S/c1-11(2)25-18-5-4-13(6-16(18)23)20-26-27-21(30-20)14-7-17(24)19(8-15(14)22)29-10-12(3)9-28/h4-8,11-12,25,28H,9-10H2,1-3H3. The van der Waals surface area contributed by atoms with Crippen LogP contribution in [0.15, 0.2) is 30.3 Å². The molecule has 0 bridgehead atoms. The first-order chi connectivity index (χ1) is 14.3. The summed E-state index contributed by atoms with van der Waals surface area (Å²) in [5.74, 6) is -0.625. The van der Waals surface area contributed by atoms with Crippen LogP contribution in [0.25, 0.3) is 21.1 Å². The summed E-state index contributed by atoms with van der Waals surface area (Å²) in [7, 11) is 0. The fraction of sp³-hybridized carbons (Fsp3) is 0.333. The Morgan fingerprint density at radius 1 is 1.10 bits per heavy atom. The maximum absolute atomic E-state index is 14.5. The van der Waals surface area contributed by atoms with Crippen molar-refractivity contribution >= 4 is 40.2 Å². The summed E-state index contributed by atoms with van der Waals surface area (Å²) in [6.07, 6.45) is 0. The average Bonchev–Trinajstić information content (AvgIpc) is 3.19. The Balaban J connectivity index is 1.84. The Kier molecular flexibility index (Phi) is 7.52. The van der Waals surface area contributed by atoms with E-state index >= 15 is 0 Å². The van der Waals surface area contributed by atoms with Gasteiger partial charge in [0.15, 0.2) is 11.6 Å². The number of nitrogens with one attached hydrogen (secondary N) is 1. The lowest BCUT2D eigenvalue weighted by molar-refractivity contribution is 0.171. The lowest BCUT2D eigenvalue weighted by atomic mass is 10.2. The summed E-state index contributed by atoms with van der Waals surface area (Å²) < 4.78 is 19.9. The van der Waals surface area contributed by atoms with Crippen molar-refractivity contribution in [2.45, 2.75) is 26.8 Å². The second-order valence-electron chi connectivity index (χ2n) is 7.27. The van der Waals surface area contributed by atoms with Crippen LogP contribution in [-0.4, -0.2) is 34.6 Å². The zero-order chi connectivity index (χ0) is 21.8. The van der Waals surface area contributed by atoms with E-state index in [0.717, 1.165) is 11.3 Å². The number of hydrogen-bond donors (Lipinski definition) is 2. The van der Waals surface area contributed by atoms with Gasteiger partial charge in [-0.3, -0.25) is 0 Å².